The van der Waals surface area contributed by atoms with Gasteiger partial charge in [-0.05, 0) is 50.5 Å². The fourth-order valence-electron chi connectivity index (χ4n) is 2.14. The lowest BCUT2D eigenvalue weighted by Crippen LogP contribution is -2.38. The summed E-state index contributed by atoms with van der Waals surface area (Å²) in [6.07, 6.45) is 1.84. The van der Waals surface area contributed by atoms with Crippen LogP contribution in [0.5, 0.6) is 5.75 Å². The first-order chi connectivity index (χ1) is 9.52. The molecule has 1 aliphatic carbocycles. The number of hydrogen-bond acceptors (Lipinski definition) is 4. The number of rotatable bonds is 5. The summed E-state index contributed by atoms with van der Waals surface area (Å²) in [5.41, 5.74) is 1.21. The van der Waals surface area contributed by atoms with Crippen LogP contribution in [0.4, 0.5) is 0 Å². The smallest absolute Gasteiger partial charge is 0.325 e. The fourth-order valence-corrected chi connectivity index (χ4v) is 2.14. The predicted molar refractivity (Wildman–Crippen MR) is 73.5 cm³/mol. The van der Waals surface area contributed by atoms with Crippen molar-refractivity contribution in [2.24, 2.45) is 0 Å². The van der Waals surface area contributed by atoms with E-state index in [9.17, 15) is 14.7 Å². The molecular weight excluding hydrogens is 258 g/mol. The van der Waals surface area contributed by atoms with Crippen molar-refractivity contribution in [1.82, 2.24) is 4.90 Å². The quantitative estimate of drug-likeness (QED) is 0.834. The van der Waals surface area contributed by atoms with Gasteiger partial charge in [0.1, 0.15) is 12.3 Å². The summed E-state index contributed by atoms with van der Waals surface area (Å²) in [4.78, 5) is 25.7. The number of aromatic hydroxyl groups is 1. The zero-order valence-corrected chi connectivity index (χ0v) is 11.8. The van der Waals surface area contributed by atoms with Gasteiger partial charge in [0.05, 0.1) is 6.61 Å². The van der Waals surface area contributed by atoms with Crippen molar-refractivity contribution >= 4 is 11.9 Å². The summed E-state index contributed by atoms with van der Waals surface area (Å²) in [5, 5.41) is 9.40. The number of esters is 1. The third kappa shape index (κ3) is 3.29. The van der Waals surface area contributed by atoms with Crippen molar-refractivity contribution in [3.63, 3.8) is 0 Å². The number of phenolic OH excluding ortho intramolecular Hbond substituents is 1. The van der Waals surface area contributed by atoms with E-state index in [-0.39, 0.29) is 30.2 Å². The van der Waals surface area contributed by atoms with E-state index in [4.69, 9.17) is 4.74 Å². The molecule has 0 atom stereocenters. The maximum absolute atomic E-state index is 12.5. The van der Waals surface area contributed by atoms with Gasteiger partial charge in [0.2, 0.25) is 0 Å². The molecule has 0 unspecified atom stereocenters. The number of phenols is 1. The lowest BCUT2D eigenvalue weighted by atomic mass is 10.1. The number of amides is 1. The van der Waals surface area contributed by atoms with Gasteiger partial charge >= 0.3 is 5.97 Å². The van der Waals surface area contributed by atoms with Gasteiger partial charge in [-0.1, -0.05) is 0 Å². The molecule has 0 bridgehead atoms. The molecule has 0 aromatic heterocycles. The van der Waals surface area contributed by atoms with E-state index in [1.54, 1.807) is 30.9 Å². The molecule has 1 fully saturated rings. The Morgan fingerprint density at radius 2 is 2.10 bits per heavy atom. The predicted octanol–water partition coefficient (Wildman–Crippen LogP) is 1.87. The number of nitrogens with zero attached hydrogens (tertiary/aromatic N) is 1. The molecule has 1 saturated carbocycles. The molecule has 1 amide bonds. The Bertz CT molecular complexity index is 523. The van der Waals surface area contributed by atoms with Crippen LogP contribution in [0, 0.1) is 6.92 Å². The molecule has 1 aromatic rings. The number of benzene rings is 1. The van der Waals surface area contributed by atoms with E-state index in [1.807, 2.05) is 0 Å². The number of carbonyl (C=O) groups is 2. The van der Waals surface area contributed by atoms with E-state index >= 15 is 0 Å². The van der Waals surface area contributed by atoms with Gasteiger partial charge in [0.15, 0.2) is 0 Å². The van der Waals surface area contributed by atoms with Crippen molar-refractivity contribution in [3.05, 3.63) is 29.3 Å². The maximum Gasteiger partial charge on any atom is 0.325 e. The van der Waals surface area contributed by atoms with Gasteiger partial charge in [-0.15, -0.1) is 0 Å². The fraction of sp³-hybridized carbons (Fsp3) is 0.467. The largest absolute Gasteiger partial charge is 0.508 e. The molecule has 1 N–H and O–H groups in total. The van der Waals surface area contributed by atoms with Crippen LogP contribution in [0.2, 0.25) is 0 Å². The van der Waals surface area contributed by atoms with E-state index in [2.05, 4.69) is 0 Å². The van der Waals surface area contributed by atoms with Gasteiger partial charge in [0, 0.05) is 11.6 Å². The lowest BCUT2D eigenvalue weighted by Gasteiger charge is -2.22. The number of ether oxygens (including phenoxy) is 1. The van der Waals surface area contributed by atoms with Crippen LogP contribution < -0.4 is 0 Å². The Morgan fingerprint density at radius 1 is 1.40 bits per heavy atom. The molecule has 0 radical (unpaired) electrons. The normalized spacial score (nSPS) is 13.9. The monoisotopic (exact) mass is 277 g/mol. The SMILES string of the molecule is CCOC(=O)CN(C(=O)c1ccc(O)cc1C)C1CC1. The van der Waals surface area contributed by atoms with Crippen LogP contribution in [0.1, 0.15) is 35.7 Å². The minimum absolute atomic E-state index is 0.0162. The minimum atomic E-state index is -0.385. The zero-order valence-electron chi connectivity index (χ0n) is 11.8. The first kappa shape index (κ1) is 14.4. The second-order valence-corrected chi connectivity index (χ2v) is 4.97. The Hall–Kier alpha value is -2.04. The van der Waals surface area contributed by atoms with Crippen LogP contribution in [0.3, 0.4) is 0 Å². The van der Waals surface area contributed by atoms with Crippen molar-refractivity contribution in [2.75, 3.05) is 13.2 Å². The van der Waals surface area contributed by atoms with Crippen molar-refractivity contribution < 1.29 is 19.4 Å². The standard InChI is InChI=1S/C15H19NO4/c1-3-20-14(18)9-16(11-4-5-11)15(19)13-7-6-12(17)8-10(13)2/h6-8,11,17H,3-5,9H2,1-2H3. The van der Waals surface area contributed by atoms with Crippen LogP contribution in [-0.4, -0.2) is 41.1 Å². The molecule has 0 saturated heterocycles. The van der Waals surface area contributed by atoms with Crippen LogP contribution in [0.15, 0.2) is 18.2 Å². The molecule has 0 spiro atoms. The summed E-state index contributed by atoms with van der Waals surface area (Å²) >= 11 is 0. The summed E-state index contributed by atoms with van der Waals surface area (Å²) in [6, 6.07) is 4.74. The lowest BCUT2D eigenvalue weighted by molar-refractivity contribution is -0.144. The zero-order chi connectivity index (χ0) is 14.7. The van der Waals surface area contributed by atoms with Crippen molar-refractivity contribution in [1.29, 1.82) is 0 Å². The molecule has 0 aliphatic heterocycles. The highest BCUT2D eigenvalue weighted by Crippen LogP contribution is 2.29. The van der Waals surface area contributed by atoms with Crippen LogP contribution in [-0.2, 0) is 9.53 Å². The van der Waals surface area contributed by atoms with Gasteiger partial charge < -0.3 is 14.7 Å². The first-order valence-corrected chi connectivity index (χ1v) is 6.79. The molecular formula is C15H19NO4. The Kier molecular flexibility index (Phi) is 4.27. The first-order valence-electron chi connectivity index (χ1n) is 6.79. The van der Waals surface area contributed by atoms with E-state index in [1.165, 1.54) is 6.07 Å². The number of aryl methyl sites for hydroxylation is 1. The van der Waals surface area contributed by atoms with E-state index < -0.39 is 0 Å². The molecule has 20 heavy (non-hydrogen) atoms. The second kappa shape index (κ2) is 5.94. The van der Waals surface area contributed by atoms with Crippen molar-refractivity contribution in [3.8, 4) is 5.75 Å². The van der Waals surface area contributed by atoms with E-state index in [0.717, 1.165) is 12.8 Å². The molecule has 0 heterocycles. The van der Waals surface area contributed by atoms with Gasteiger partial charge in [-0.3, -0.25) is 9.59 Å². The Morgan fingerprint density at radius 3 is 2.65 bits per heavy atom. The van der Waals surface area contributed by atoms with E-state index in [0.29, 0.717) is 17.7 Å². The van der Waals surface area contributed by atoms with Crippen molar-refractivity contribution in [2.45, 2.75) is 32.7 Å². The topological polar surface area (TPSA) is 66.8 Å². The molecule has 1 aliphatic rings. The molecule has 2 rings (SSSR count). The van der Waals surface area contributed by atoms with Gasteiger partial charge in [-0.2, -0.15) is 0 Å². The maximum atomic E-state index is 12.5. The summed E-state index contributed by atoms with van der Waals surface area (Å²) in [7, 11) is 0. The Labute approximate surface area is 118 Å². The molecule has 1 aromatic carbocycles. The highest BCUT2D eigenvalue weighted by atomic mass is 16.5. The highest BCUT2D eigenvalue weighted by molar-refractivity contribution is 5.97. The molecule has 5 heteroatoms. The van der Waals surface area contributed by atoms with Crippen LogP contribution in [0.25, 0.3) is 0 Å². The summed E-state index contributed by atoms with van der Waals surface area (Å²) in [6.45, 7) is 3.80. The minimum Gasteiger partial charge on any atom is -0.508 e. The molecule has 5 nitrogen and oxygen atoms in total. The van der Waals surface area contributed by atoms with Crippen LogP contribution >= 0.6 is 0 Å². The second-order valence-electron chi connectivity index (χ2n) is 4.97. The number of hydrogen-bond donors (Lipinski definition) is 1. The van der Waals surface area contributed by atoms with Gasteiger partial charge in [0.25, 0.3) is 5.91 Å². The summed E-state index contributed by atoms with van der Waals surface area (Å²) in [5.74, 6) is -0.440. The summed E-state index contributed by atoms with van der Waals surface area (Å²) < 4.78 is 4.91. The Balaban J connectivity index is 2.16. The average Bonchev–Trinajstić information content (AvgIpc) is 3.20. The van der Waals surface area contributed by atoms with Gasteiger partial charge in [-0.25, -0.2) is 0 Å². The highest BCUT2D eigenvalue weighted by Gasteiger charge is 2.35. The third-order valence-corrected chi connectivity index (χ3v) is 3.29. The molecule has 108 valence electrons. The number of carbonyl (C=O) groups excluding carboxylic acids is 2. The third-order valence-electron chi connectivity index (χ3n) is 3.29. The average molecular weight is 277 g/mol.